The number of aliphatic hydroxyl groups excluding tert-OH is 1. The minimum atomic E-state index is -0.287. The number of hydrogen-bond donors (Lipinski definition) is 2. The molecule has 1 aromatic carbocycles. The molecule has 0 saturated carbocycles. The van der Waals surface area contributed by atoms with Gasteiger partial charge in [0.25, 0.3) is 0 Å². The highest BCUT2D eigenvalue weighted by molar-refractivity contribution is 5.46. The molecule has 28 heavy (non-hydrogen) atoms. The normalized spacial score (nSPS) is 19.5. The Labute approximate surface area is 165 Å². The zero-order valence-corrected chi connectivity index (χ0v) is 16.5. The molecule has 0 amide bonds. The van der Waals surface area contributed by atoms with E-state index in [0.29, 0.717) is 44.7 Å². The Balaban J connectivity index is 1.39. The Hall–Kier alpha value is -2.38. The summed E-state index contributed by atoms with van der Waals surface area (Å²) in [7, 11) is 0. The fourth-order valence-corrected chi connectivity index (χ4v) is 3.43. The number of aromatic nitrogens is 2. The smallest absolute Gasteiger partial charge is 0.227 e. The van der Waals surface area contributed by atoms with Gasteiger partial charge < -0.3 is 24.8 Å². The molecule has 3 heterocycles. The molecule has 0 aliphatic carbocycles. The van der Waals surface area contributed by atoms with Crippen molar-refractivity contribution in [3.63, 3.8) is 0 Å². The zero-order valence-electron chi connectivity index (χ0n) is 16.5. The van der Waals surface area contributed by atoms with Gasteiger partial charge in [-0.3, -0.25) is 0 Å². The molecule has 0 bridgehead atoms. The lowest BCUT2D eigenvalue weighted by molar-refractivity contribution is 0.140. The molecule has 2 aliphatic rings. The summed E-state index contributed by atoms with van der Waals surface area (Å²) in [6.07, 6.45) is 0.693. The number of nitrogens with zero attached hydrogens (tertiary/aromatic N) is 3. The molecule has 0 radical (unpaired) electrons. The van der Waals surface area contributed by atoms with E-state index < -0.39 is 0 Å². The van der Waals surface area contributed by atoms with Crippen LogP contribution in [0.3, 0.4) is 0 Å². The summed E-state index contributed by atoms with van der Waals surface area (Å²) in [5.41, 5.74) is 3.49. The van der Waals surface area contributed by atoms with Crippen molar-refractivity contribution in [3.8, 4) is 5.75 Å². The van der Waals surface area contributed by atoms with E-state index in [9.17, 15) is 5.11 Å². The van der Waals surface area contributed by atoms with E-state index in [1.807, 2.05) is 17.0 Å². The van der Waals surface area contributed by atoms with E-state index >= 15 is 0 Å². The second kappa shape index (κ2) is 8.32. The quantitative estimate of drug-likeness (QED) is 0.709. The van der Waals surface area contributed by atoms with Gasteiger partial charge in [-0.2, -0.15) is 4.98 Å². The van der Waals surface area contributed by atoms with E-state index in [4.69, 9.17) is 14.5 Å². The third-order valence-corrected chi connectivity index (χ3v) is 5.38. The molecule has 0 unspecified atom stereocenters. The van der Waals surface area contributed by atoms with Gasteiger partial charge in [0.2, 0.25) is 5.95 Å². The molecular weight excluding hydrogens is 356 g/mol. The molecule has 1 atom stereocenters. The number of rotatable bonds is 7. The maximum Gasteiger partial charge on any atom is 0.227 e. The van der Waals surface area contributed by atoms with Gasteiger partial charge in [0.1, 0.15) is 18.2 Å². The maximum atomic E-state index is 9.60. The number of β-amino-alcohol motifs (C(OH)–C–C–N with tert-alkyl or cyclic N) is 1. The van der Waals surface area contributed by atoms with Crippen LogP contribution in [0, 0.1) is 13.8 Å². The van der Waals surface area contributed by atoms with Crippen molar-refractivity contribution >= 4 is 11.8 Å². The van der Waals surface area contributed by atoms with E-state index in [1.165, 1.54) is 11.1 Å². The SMILES string of the molecule is Cc1ccc(OCCNc2cc([C@@H]3CCOC3)nc(N3CC(O)C3)n2)cc1C. The average Bonchev–Trinajstić information content (AvgIpc) is 3.20. The van der Waals surface area contributed by atoms with Crippen molar-refractivity contribution in [3.05, 3.63) is 41.1 Å². The number of aliphatic hydroxyl groups is 1. The summed E-state index contributed by atoms with van der Waals surface area (Å²) < 4.78 is 11.4. The molecule has 2 aliphatic heterocycles. The largest absolute Gasteiger partial charge is 0.492 e. The highest BCUT2D eigenvalue weighted by Crippen LogP contribution is 2.28. The number of benzene rings is 1. The third-order valence-electron chi connectivity index (χ3n) is 5.38. The van der Waals surface area contributed by atoms with Gasteiger partial charge in [0.05, 0.1) is 24.9 Å². The minimum absolute atomic E-state index is 0.287. The average molecular weight is 384 g/mol. The van der Waals surface area contributed by atoms with E-state index in [1.54, 1.807) is 0 Å². The van der Waals surface area contributed by atoms with Crippen molar-refractivity contribution in [2.24, 2.45) is 0 Å². The molecule has 0 spiro atoms. The lowest BCUT2D eigenvalue weighted by Gasteiger charge is -2.36. The third kappa shape index (κ3) is 4.36. The molecule has 150 valence electrons. The summed E-state index contributed by atoms with van der Waals surface area (Å²) in [4.78, 5) is 11.3. The second-order valence-corrected chi connectivity index (χ2v) is 7.62. The van der Waals surface area contributed by atoms with Crippen molar-refractivity contribution in [2.75, 3.05) is 49.7 Å². The maximum absolute atomic E-state index is 9.60. The van der Waals surface area contributed by atoms with Crippen LogP contribution in [0.4, 0.5) is 11.8 Å². The van der Waals surface area contributed by atoms with E-state index in [-0.39, 0.29) is 6.10 Å². The topological polar surface area (TPSA) is 79.7 Å². The Bertz CT molecular complexity index is 817. The van der Waals surface area contributed by atoms with Crippen LogP contribution in [0.2, 0.25) is 0 Å². The minimum Gasteiger partial charge on any atom is -0.492 e. The van der Waals surface area contributed by atoms with Crippen LogP contribution >= 0.6 is 0 Å². The van der Waals surface area contributed by atoms with Gasteiger partial charge in [-0.15, -0.1) is 0 Å². The summed E-state index contributed by atoms with van der Waals surface area (Å²) in [5.74, 6) is 2.65. The molecule has 4 rings (SSSR count). The predicted molar refractivity (Wildman–Crippen MR) is 108 cm³/mol. The predicted octanol–water partition coefficient (Wildman–Crippen LogP) is 2.27. The summed E-state index contributed by atoms with van der Waals surface area (Å²) >= 11 is 0. The highest BCUT2D eigenvalue weighted by atomic mass is 16.5. The lowest BCUT2D eigenvalue weighted by atomic mass is 10.0. The van der Waals surface area contributed by atoms with E-state index in [0.717, 1.165) is 30.3 Å². The first kappa shape index (κ1) is 19.0. The number of ether oxygens (including phenoxy) is 2. The van der Waals surface area contributed by atoms with E-state index in [2.05, 4.69) is 36.3 Å². The van der Waals surface area contributed by atoms with Crippen LogP contribution in [0.5, 0.6) is 5.75 Å². The van der Waals surface area contributed by atoms with Gasteiger partial charge >= 0.3 is 0 Å². The number of nitrogens with one attached hydrogen (secondary N) is 1. The molecule has 2 N–H and O–H groups in total. The van der Waals surface area contributed by atoms with Crippen molar-refractivity contribution in [2.45, 2.75) is 32.3 Å². The summed E-state index contributed by atoms with van der Waals surface area (Å²) in [5, 5.41) is 13.0. The lowest BCUT2D eigenvalue weighted by Crippen LogP contribution is -2.51. The van der Waals surface area contributed by atoms with Crippen LogP contribution in [0.15, 0.2) is 24.3 Å². The zero-order chi connectivity index (χ0) is 19.5. The molecule has 2 fully saturated rings. The Morgan fingerprint density at radius 2 is 2.07 bits per heavy atom. The van der Waals surface area contributed by atoms with Gasteiger partial charge in [0.15, 0.2) is 0 Å². The van der Waals surface area contributed by atoms with Gasteiger partial charge in [-0.25, -0.2) is 4.98 Å². The first-order valence-electron chi connectivity index (χ1n) is 9.92. The van der Waals surface area contributed by atoms with Gasteiger partial charge in [-0.1, -0.05) is 6.07 Å². The molecule has 2 saturated heterocycles. The fourth-order valence-electron chi connectivity index (χ4n) is 3.43. The van der Waals surface area contributed by atoms with Crippen LogP contribution < -0.4 is 15.0 Å². The number of hydrogen-bond acceptors (Lipinski definition) is 7. The molecule has 7 heteroatoms. The monoisotopic (exact) mass is 384 g/mol. The van der Waals surface area contributed by atoms with Crippen molar-refractivity contribution in [1.82, 2.24) is 9.97 Å². The van der Waals surface area contributed by atoms with Crippen LogP contribution in [0.25, 0.3) is 0 Å². The van der Waals surface area contributed by atoms with Crippen molar-refractivity contribution in [1.29, 1.82) is 0 Å². The molecule has 7 nitrogen and oxygen atoms in total. The van der Waals surface area contributed by atoms with Gasteiger partial charge in [0, 0.05) is 31.7 Å². The number of anilines is 2. The van der Waals surface area contributed by atoms with Crippen LogP contribution in [-0.4, -0.2) is 60.6 Å². The van der Waals surface area contributed by atoms with Gasteiger partial charge in [-0.05, 0) is 43.5 Å². The second-order valence-electron chi connectivity index (χ2n) is 7.62. The molecular formula is C21H28N4O3. The fraction of sp³-hybridized carbons (Fsp3) is 0.524. The summed E-state index contributed by atoms with van der Waals surface area (Å²) in [6, 6.07) is 8.14. The molecule has 1 aromatic heterocycles. The first-order valence-corrected chi connectivity index (χ1v) is 9.92. The standard InChI is InChI=1S/C21H28N4O3/c1-14-3-4-18(9-15(14)2)28-8-6-22-20-10-19(16-5-7-27-13-16)23-21(24-20)25-11-17(26)12-25/h3-4,9-10,16-17,26H,5-8,11-13H2,1-2H3,(H,22,23,24)/t16-/m1/s1. The number of aryl methyl sites for hydroxylation is 2. The first-order chi connectivity index (χ1) is 13.6. The Kier molecular flexibility index (Phi) is 5.64. The Morgan fingerprint density at radius 3 is 2.79 bits per heavy atom. The van der Waals surface area contributed by atoms with Crippen LogP contribution in [0.1, 0.15) is 29.2 Å². The molecule has 2 aromatic rings. The van der Waals surface area contributed by atoms with Crippen LogP contribution in [-0.2, 0) is 4.74 Å². The van der Waals surface area contributed by atoms with Crippen molar-refractivity contribution < 1.29 is 14.6 Å². The highest BCUT2D eigenvalue weighted by Gasteiger charge is 2.28. The summed E-state index contributed by atoms with van der Waals surface area (Å²) in [6.45, 7) is 8.02. The Morgan fingerprint density at radius 1 is 1.21 bits per heavy atom.